The van der Waals surface area contributed by atoms with Gasteiger partial charge in [-0.25, -0.2) is 4.79 Å². The second-order valence-corrected chi connectivity index (χ2v) is 13.0. The van der Waals surface area contributed by atoms with Crippen molar-refractivity contribution in [3.63, 3.8) is 0 Å². The second kappa shape index (κ2) is 19.4. The molecular formula is C45H44N2O8. The molecule has 2 atom stereocenters. The van der Waals surface area contributed by atoms with Gasteiger partial charge >= 0.3 is 12.1 Å². The van der Waals surface area contributed by atoms with Crippen LogP contribution in [0.5, 0.6) is 11.5 Å². The molecule has 6 aromatic rings. The lowest BCUT2D eigenvalue weighted by atomic mass is 10.1. The van der Waals surface area contributed by atoms with Crippen molar-refractivity contribution in [2.24, 2.45) is 0 Å². The highest BCUT2D eigenvalue weighted by atomic mass is 16.5. The lowest BCUT2D eigenvalue weighted by Gasteiger charge is -2.20. The van der Waals surface area contributed by atoms with Crippen LogP contribution in [0.3, 0.4) is 0 Å². The number of hydrogen-bond donors (Lipinski definition) is 3. The maximum absolute atomic E-state index is 12.4. The van der Waals surface area contributed by atoms with Gasteiger partial charge in [0, 0.05) is 17.2 Å². The summed E-state index contributed by atoms with van der Waals surface area (Å²) in [6.45, 7) is 5.37. The quantitative estimate of drug-likeness (QED) is 0.103. The molecule has 3 N–H and O–H groups in total. The Morgan fingerprint density at radius 3 is 1.58 bits per heavy atom. The number of carbonyl (C=O) groups excluding carboxylic acids is 3. The van der Waals surface area contributed by atoms with E-state index in [0.29, 0.717) is 0 Å². The normalized spacial score (nSPS) is 11.7. The Morgan fingerprint density at radius 2 is 1.07 bits per heavy atom. The molecule has 0 aromatic heterocycles. The smallest absolute Gasteiger partial charge is 0.408 e. The zero-order valence-corrected chi connectivity index (χ0v) is 31.0. The third-order valence-corrected chi connectivity index (χ3v) is 8.74. The first-order valence-electron chi connectivity index (χ1n) is 17.9. The van der Waals surface area contributed by atoms with Crippen LogP contribution in [0.4, 0.5) is 4.79 Å². The molecule has 0 unspecified atom stereocenters. The number of nitrogens with one attached hydrogen (secondary N) is 2. The van der Waals surface area contributed by atoms with Gasteiger partial charge in [-0.3, -0.25) is 14.4 Å². The summed E-state index contributed by atoms with van der Waals surface area (Å²) in [6.07, 6.45) is -0.544. The van der Waals surface area contributed by atoms with E-state index >= 15 is 0 Å². The maximum Gasteiger partial charge on any atom is 0.408 e. The van der Waals surface area contributed by atoms with Crippen molar-refractivity contribution in [1.29, 1.82) is 0 Å². The molecule has 0 saturated carbocycles. The van der Waals surface area contributed by atoms with Gasteiger partial charge in [0.05, 0.1) is 0 Å². The summed E-state index contributed by atoms with van der Waals surface area (Å²) in [7, 11) is 0. The van der Waals surface area contributed by atoms with Crippen molar-refractivity contribution in [3.8, 4) is 11.5 Å². The summed E-state index contributed by atoms with van der Waals surface area (Å²) in [5.74, 6) is -0.334. The number of fused-ring (bicyclic) bond motifs is 2. The van der Waals surface area contributed by atoms with Crippen LogP contribution < -0.4 is 20.1 Å². The molecule has 0 heterocycles. The van der Waals surface area contributed by atoms with Gasteiger partial charge in [0.2, 0.25) is 11.7 Å². The molecule has 6 aromatic carbocycles. The molecule has 10 nitrogen and oxygen atoms in total. The molecule has 0 aliphatic rings. The number of alkyl carbamates (subject to hydrolysis) is 1. The van der Waals surface area contributed by atoms with E-state index in [1.165, 1.54) is 6.92 Å². The molecule has 10 heteroatoms. The number of Topliss-reactive ketones (excluding diaryl/α,β-unsaturated/α-hetero) is 1. The van der Waals surface area contributed by atoms with Gasteiger partial charge in [-0.15, -0.1) is 0 Å². The molecule has 0 saturated heterocycles. The maximum atomic E-state index is 12.4. The zero-order valence-electron chi connectivity index (χ0n) is 31.0. The Bertz CT molecular complexity index is 2150. The van der Waals surface area contributed by atoms with Gasteiger partial charge in [-0.1, -0.05) is 133 Å². The number of carbonyl (C=O) groups is 4. The third kappa shape index (κ3) is 11.4. The number of aliphatic carboxylic acids is 1. The molecule has 0 fully saturated rings. The van der Waals surface area contributed by atoms with Gasteiger partial charge in [-0.2, -0.15) is 0 Å². The number of ketones is 1. The summed E-state index contributed by atoms with van der Waals surface area (Å²) in [4.78, 5) is 47.9. The van der Waals surface area contributed by atoms with E-state index in [2.05, 4.69) is 22.8 Å². The van der Waals surface area contributed by atoms with E-state index in [1.807, 2.05) is 135 Å². The van der Waals surface area contributed by atoms with Crippen molar-refractivity contribution in [1.82, 2.24) is 10.6 Å². The lowest BCUT2D eigenvalue weighted by Crippen LogP contribution is -2.51. The van der Waals surface area contributed by atoms with Crippen LogP contribution in [0, 0.1) is 13.8 Å². The van der Waals surface area contributed by atoms with Gasteiger partial charge < -0.3 is 30.0 Å². The first-order valence-corrected chi connectivity index (χ1v) is 17.9. The third-order valence-electron chi connectivity index (χ3n) is 8.74. The molecule has 0 aliphatic heterocycles. The molecule has 0 radical (unpaired) electrons. The van der Waals surface area contributed by atoms with Crippen molar-refractivity contribution in [2.45, 2.75) is 45.9 Å². The Balaban J connectivity index is 0.000000211. The minimum absolute atomic E-state index is 0.0152. The van der Waals surface area contributed by atoms with Crippen LogP contribution in [-0.4, -0.2) is 54.2 Å². The van der Waals surface area contributed by atoms with Crippen molar-refractivity contribution >= 4 is 45.3 Å². The fourth-order valence-corrected chi connectivity index (χ4v) is 5.78. The number of rotatable bonds is 14. The number of hydrogen-bond acceptors (Lipinski definition) is 7. The van der Waals surface area contributed by atoms with Crippen LogP contribution in [0.15, 0.2) is 133 Å². The van der Waals surface area contributed by atoms with Crippen molar-refractivity contribution in [2.75, 3.05) is 13.2 Å². The highest BCUT2D eigenvalue weighted by Gasteiger charge is 2.25. The zero-order chi connectivity index (χ0) is 39.2. The van der Waals surface area contributed by atoms with E-state index in [0.717, 1.165) is 55.3 Å². The number of carboxylic acid groups (broad SMARTS) is 1. The first-order chi connectivity index (χ1) is 26.6. The number of ether oxygens (including phenoxy) is 3. The van der Waals surface area contributed by atoms with Crippen LogP contribution in [0.2, 0.25) is 0 Å². The van der Waals surface area contributed by atoms with Crippen molar-refractivity contribution in [3.05, 3.63) is 156 Å². The largest absolute Gasteiger partial charge is 0.485 e. The second-order valence-electron chi connectivity index (χ2n) is 13.0. The van der Waals surface area contributed by atoms with Crippen LogP contribution in [-0.2, 0) is 32.1 Å². The molecule has 0 aliphatic carbocycles. The van der Waals surface area contributed by atoms with E-state index in [9.17, 15) is 19.2 Å². The Hall–Kier alpha value is -6.68. The molecule has 6 rings (SSSR count). The van der Waals surface area contributed by atoms with Crippen LogP contribution in [0.1, 0.15) is 29.2 Å². The fraction of sp³-hybridized carbons (Fsp3) is 0.200. The highest BCUT2D eigenvalue weighted by Crippen LogP contribution is 2.30. The number of aryl methyl sites for hydroxylation is 2. The molecule has 2 amide bonds. The minimum atomic E-state index is -1.16. The van der Waals surface area contributed by atoms with E-state index in [4.69, 9.17) is 19.3 Å². The van der Waals surface area contributed by atoms with E-state index < -0.39 is 30.1 Å². The topological polar surface area (TPSA) is 140 Å². The predicted octanol–water partition coefficient (Wildman–Crippen LogP) is 7.75. The monoisotopic (exact) mass is 740 g/mol. The predicted molar refractivity (Wildman–Crippen MR) is 212 cm³/mol. The number of amides is 2. The summed E-state index contributed by atoms with van der Waals surface area (Å²) < 4.78 is 16.9. The van der Waals surface area contributed by atoms with E-state index in [-0.39, 0.29) is 32.0 Å². The number of benzene rings is 6. The van der Waals surface area contributed by atoms with Gasteiger partial charge in [0.15, 0.2) is 13.2 Å². The Kier molecular flexibility index (Phi) is 14.0. The summed E-state index contributed by atoms with van der Waals surface area (Å²) >= 11 is 0. The highest BCUT2D eigenvalue weighted by molar-refractivity contribution is 5.92. The lowest BCUT2D eigenvalue weighted by molar-refractivity contribution is -0.141. The molecule has 0 spiro atoms. The Morgan fingerprint density at radius 1 is 0.600 bits per heavy atom. The molecule has 282 valence electrons. The van der Waals surface area contributed by atoms with E-state index in [1.54, 1.807) is 0 Å². The van der Waals surface area contributed by atoms with Gasteiger partial charge in [-0.05, 0) is 53.8 Å². The standard InChI is InChI=1S/C25H22O3.C20H22N2O5/c1-17-11-13-19-7-3-5-9-22(19)24(17)27-15-21(26)16-28-25-18(2)12-14-20-8-4-6-10-23(20)25;1-14(19(24)25)21-18(23)17(12-15-8-4-2-5-9-15)22-20(26)27-13-16-10-6-3-7-11-16/h3-14H,15-16H2,1-2H3;2-11,14,17H,12-13H2,1H3,(H,21,23)(H,22,26)(H,24,25)/t;14-,17-/m.0/s1. The molecular weight excluding hydrogens is 697 g/mol. The fourth-order valence-electron chi connectivity index (χ4n) is 5.78. The average molecular weight is 741 g/mol. The Labute approximate surface area is 320 Å². The SMILES string of the molecule is C[C@H](NC(=O)[C@H](Cc1ccccc1)NC(=O)OCc1ccccc1)C(=O)O.Cc1ccc2ccccc2c1OCC(=O)COc1c(C)ccc2ccccc12. The first kappa shape index (κ1) is 39.5. The minimum Gasteiger partial charge on any atom is -0.485 e. The molecule has 55 heavy (non-hydrogen) atoms. The average Bonchev–Trinajstić information content (AvgIpc) is 3.20. The summed E-state index contributed by atoms with van der Waals surface area (Å²) in [6, 6.07) is 40.4. The molecule has 0 bridgehead atoms. The van der Waals surface area contributed by atoms with Gasteiger partial charge in [0.25, 0.3) is 0 Å². The van der Waals surface area contributed by atoms with Crippen LogP contribution >= 0.6 is 0 Å². The number of carboxylic acids is 1. The van der Waals surface area contributed by atoms with Crippen molar-refractivity contribution < 1.29 is 38.5 Å². The summed E-state index contributed by atoms with van der Waals surface area (Å²) in [5, 5.41) is 18.1. The summed E-state index contributed by atoms with van der Waals surface area (Å²) in [5.41, 5.74) is 3.66. The van der Waals surface area contributed by atoms with Crippen LogP contribution in [0.25, 0.3) is 21.5 Å². The van der Waals surface area contributed by atoms with Gasteiger partial charge in [0.1, 0.15) is 30.2 Å².